The Hall–Kier alpha value is -2.92. The third-order valence-corrected chi connectivity index (χ3v) is 5.99. The number of fused-ring (bicyclic) bond motifs is 1. The van der Waals surface area contributed by atoms with Crippen LogP contribution in [0.25, 0.3) is 5.69 Å². The quantitative estimate of drug-likeness (QED) is 0.505. The minimum atomic E-state index is 0.909. The van der Waals surface area contributed by atoms with E-state index in [2.05, 4.69) is 58.5 Å². The van der Waals surface area contributed by atoms with Gasteiger partial charge >= 0.3 is 0 Å². The first-order chi connectivity index (χ1) is 13.4. The maximum atomic E-state index is 4.72. The summed E-state index contributed by atoms with van der Waals surface area (Å²) in [5.41, 5.74) is 5.11. The Balaban J connectivity index is 1.34. The summed E-state index contributed by atoms with van der Waals surface area (Å²) >= 11 is 1.80. The van der Waals surface area contributed by atoms with Gasteiger partial charge in [-0.15, -0.1) is 11.3 Å². The van der Waals surface area contributed by atoms with Crippen LogP contribution in [0.5, 0.6) is 0 Å². The molecule has 4 aromatic rings. The van der Waals surface area contributed by atoms with Gasteiger partial charge in [0.2, 0.25) is 0 Å². The number of hydrogen-bond acceptors (Lipinski definition) is 4. The first kappa shape index (κ1) is 16.3. The summed E-state index contributed by atoms with van der Waals surface area (Å²) in [7, 11) is 0. The van der Waals surface area contributed by atoms with Crippen LogP contribution < -0.4 is 4.90 Å². The number of rotatable bonds is 4. The normalized spacial score (nSPS) is 13.6. The summed E-state index contributed by atoms with van der Waals surface area (Å²) in [4.78, 5) is 8.38. The molecular weight excluding hydrogens is 352 g/mol. The van der Waals surface area contributed by atoms with Crippen molar-refractivity contribution < 1.29 is 0 Å². The first-order valence-electron chi connectivity index (χ1n) is 9.26. The Kier molecular flexibility index (Phi) is 4.22. The van der Waals surface area contributed by atoms with Gasteiger partial charge in [-0.05, 0) is 48.2 Å². The first-order valence-corrected chi connectivity index (χ1v) is 10.1. The molecule has 0 amide bonds. The molecule has 0 unspecified atom stereocenters. The fourth-order valence-electron chi connectivity index (χ4n) is 3.63. The predicted octanol–water partition coefficient (Wildman–Crippen LogP) is 5.00. The second-order valence-corrected chi connectivity index (χ2v) is 7.88. The standard InChI is InChI=1S/C22H20N4S/c1-2-7-21-18(5-1)6-3-13-25(21)22-23-16-20(27-22)15-17-8-10-19(11-9-17)26-14-4-12-24-26/h1-2,4-5,7-12,14,16H,3,6,13,15H2. The Labute approximate surface area is 162 Å². The van der Waals surface area contributed by atoms with E-state index in [0.29, 0.717) is 0 Å². The summed E-state index contributed by atoms with van der Waals surface area (Å²) in [6, 6.07) is 19.2. The van der Waals surface area contributed by atoms with Gasteiger partial charge in [-0.25, -0.2) is 9.67 Å². The van der Waals surface area contributed by atoms with Crippen molar-refractivity contribution in [2.24, 2.45) is 0 Å². The van der Waals surface area contributed by atoms with Gasteiger partial charge in [0.05, 0.1) is 5.69 Å². The highest BCUT2D eigenvalue weighted by Gasteiger charge is 2.20. The highest BCUT2D eigenvalue weighted by atomic mass is 32.1. The predicted molar refractivity (Wildman–Crippen MR) is 110 cm³/mol. The minimum absolute atomic E-state index is 0.909. The van der Waals surface area contributed by atoms with Gasteiger partial charge in [-0.1, -0.05) is 30.3 Å². The van der Waals surface area contributed by atoms with Crippen LogP contribution in [-0.2, 0) is 12.8 Å². The van der Waals surface area contributed by atoms with Crippen molar-refractivity contribution in [1.29, 1.82) is 0 Å². The van der Waals surface area contributed by atoms with Crippen LogP contribution in [-0.4, -0.2) is 21.3 Å². The van der Waals surface area contributed by atoms with E-state index in [9.17, 15) is 0 Å². The molecule has 4 nitrogen and oxygen atoms in total. The molecular formula is C22H20N4S. The monoisotopic (exact) mass is 372 g/mol. The number of anilines is 2. The van der Waals surface area contributed by atoms with Gasteiger partial charge in [0.15, 0.2) is 5.13 Å². The molecule has 2 aromatic carbocycles. The van der Waals surface area contributed by atoms with E-state index >= 15 is 0 Å². The van der Waals surface area contributed by atoms with E-state index in [-0.39, 0.29) is 0 Å². The van der Waals surface area contributed by atoms with Crippen LogP contribution in [0.3, 0.4) is 0 Å². The minimum Gasteiger partial charge on any atom is -0.318 e. The van der Waals surface area contributed by atoms with Crippen molar-refractivity contribution in [2.45, 2.75) is 19.3 Å². The fourth-order valence-corrected chi connectivity index (χ4v) is 4.61. The summed E-state index contributed by atoms with van der Waals surface area (Å²) in [5, 5.41) is 5.38. The van der Waals surface area contributed by atoms with E-state index in [4.69, 9.17) is 4.98 Å². The lowest BCUT2D eigenvalue weighted by atomic mass is 10.0. The SMILES string of the molecule is c1ccc2c(c1)CCCN2c1ncc(Cc2ccc(-n3cccn3)cc2)s1. The molecule has 1 aliphatic rings. The molecule has 5 heteroatoms. The summed E-state index contributed by atoms with van der Waals surface area (Å²) < 4.78 is 1.88. The van der Waals surface area contributed by atoms with Gasteiger partial charge in [-0.2, -0.15) is 5.10 Å². The van der Waals surface area contributed by atoms with E-state index in [1.807, 2.05) is 23.1 Å². The van der Waals surface area contributed by atoms with E-state index in [1.54, 1.807) is 17.5 Å². The molecule has 0 bridgehead atoms. The number of benzene rings is 2. The molecule has 5 rings (SSSR count). The molecule has 0 atom stereocenters. The lowest BCUT2D eigenvalue weighted by molar-refractivity contribution is 0.765. The highest BCUT2D eigenvalue weighted by Crippen LogP contribution is 2.35. The van der Waals surface area contributed by atoms with Crippen LogP contribution in [0.4, 0.5) is 10.8 Å². The van der Waals surface area contributed by atoms with Crippen molar-refractivity contribution in [3.8, 4) is 5.69 Å². The van der Waals surface area contributed by atoms with Crippen LogP contribution >= 0.6 is 11.3 Å². The van der Waals surface area contributed by atoms with Crippen molar-refractivity contribution in [2.75, 3.05) is 11.4 Å². The molecule has 0 fully saturated rings. The summed E-state index contributed by atoms with van der Waals surface area (Å²) in [6.07, 6.45) is 9.03. The largest absolute Gasteiger partial charge is 0.318 e. The molecule has 0 spiro atoms. The molecule has 0 radical (unpaired) electrons. The molecule has 0 N–H and O–H groups in total. The molecule has 3 heterocycles. The number of hydrogen-bond donors (Lipinski definition) is 0. The zero-order chi connectivity index (χ0) is 18.1. The maximum Gasteiger partial charge on any atom is 0.190 e. The molecule has 27 heavy (non-hydrogen) atoms. The molecule has 0 aliphatic carbocycles. The van der Waals surface area contributed by atoms with Crippen LogP contribution in [0.1, 0.15) is 22.4 Å². The molecule has 1 aliphatic heterocycles. The Morgan fingerprint density at radius 1 is 1.00 bits per heavy atom. The average Bonchev–Trinajstić information content (AvgIpc) is 3.41. The fraction of sp³-hybridized carbons (Fsp3) is 0.182. The lowest BCUT2D eigenvalue weighted by Gasteiger charge is -2.28. The maximum absolute atomic E-state index is 4.72. The molecule has 0 saturated heterocycles. The van der Waals surface area contributed by atoms with Gasteiger partial charge in [0.1, 0.15) is 0 Å². The van der Waals surface area contributed by atoms with Crippen molar-refractivity contribution >= 4 is 22.2 Å². The lowest BCUT2D eigenvalue weighted by Crippen LogP contribution is -2.24. The van der Waals surface area contributed by atoms with Gasteiger partial charge < -0.3 is 4.90 Å². The van der Waals surface area contributed by atoms with Crippen LogP contribution in [0, 0.1) is 0 Å². The summed E-state index contributed by atoms with van der Waals surface area (Å²) in [5.74, 6) is 0. The van der Waals surface area contributed by atoms with E-state index < -0.39 is 0 Å². The summed E-state index contributed by atoms with van der Waals surface area (Å²) in [6.45, 7) is 1.04. The number of aromatic nitrogens is 3. The second-order valence-electron chi connectivity index (χ2n) is 6.79. The van der Waals surface area contributed by atoms with E-state index in [1.165, 1.54) is 28.1 Å². The Morgan fingerprint density at radius 2 is 1.89 bits per heavy atom. The van der Waals surface area contributed by atoms with Crippen molar-refractivity contribution in [3.05, 3.63) is 89.2 Å². The zero-order valence-electron chi connectivity index (χ0n) is 15.0. The van der Waals surface area contributed by atoms with Gasteiger partial charge in [-0.3, -0.25) is 0 Å². The highest BCUT2D eigenvalue weighted by molar-refractivity contribution is 7.15. The molecule has 2 aromatic heterocycles. The zero-order valence-corrected chi connectivity index (χ0v) is 15.8. The Bertz CT molecular complexity index is 1030. The van der Waals surface area contributed by atoms with Crippen LogP contribution in [0.2, 0.25) is 0 Å². The number of para-hydroxylation sites is 1. The number of nitrogens with zero attached hydrogens (tertiary/aromatic N) is 4. The van der Waals surface area contributed by atoms with E-state index in [0.717, 1.165) is 30.2 Å². The Morgan fingerprint density at radius 3 is 2.74 bits per heavy atom. The smallest absolute Gasteiger partial charge is 0.190 e. The van der Waals surface area contributed by atoms with Crippen LogP contribution in [0.15, 0.2) is 73.2 Å². The third-order valence-electron chi connectivity index (χ3n) is 4.97. The number of thiazole rings is 1. The van der Waals surface area contributed by atoms with Gasteiger partial charge in [0.25, 0.3) is 0 Å². The second kappa shape index (κ2) is 7.00. The van der Waals surface area contributed by atoms with Gasteiger partial charge in [0, 0.05) is 42.1 Å². The van der Waals surface area contributed by atoms with Crippen molar-refractivity contribution in [1.82, 2.24) is 14.8 Å². The topological polar surface area (TPSA) is 34.0 Å². The molecule has 0 saturated carbocycles. The average molecular weight is 372 g/mol. The van der Waals surface area contributed by atoms with Crippen molar-refractivity contribution in [3.63, 3.8) is 0 Å². The third kappa shape index (κ3) is 3.26. The number of aryl methyl sites for hydroxylation is 1. The molecule has 134 valence electrons.